The Kier molecular flexibility index (Phi) is 6.44. The lowest BCUT2D eigenvalue weighted by Gasteiger charge is -2.06. The number of hydrogen-bond acceptors (Lipinski definition) is 5. The molecule has 0 aliphatic carbocycles. The van der Waals surface area contributed by atoms with E-state index in [1.165, 1.54) is 11.8 Å². The SMILES string of the molecule is O=C(CSc1nccc(-c2ccccn2)n1)NCc1ccc(Cl)c(Cl)c1. The van der Waals surface area contributed by atoms with Gasteiger partial charge in [0.1, 0.15) is 0 Å². The largest absolute Gasteiger partial charge is 0.351 e. The number of carbonyl (C=O) groups excluding carboxylic acids is 1. The average molecular weight is 405 g/mol. The molecule has 1 N–H and O–H groups in total. The summed E-state index contributed by atoms with van der Waals surface area (Å²) in [7, 11) is 0. The molecule has 0 aliphatic rings. The molecule has 0 fully saturated rings. The van der Waals surface area contributed by atoms with Crippen LogP contribution in [0.25, 0.3) is 11.4 Å². The summed E-state index contributed by atoms with van der Waals surface area (Å²) >= 11 is 13.1. The van der Waals surface area contributed by atoms with E-state index in [-0.39, 0.29) is 11.7 Å². The van der Waals surface area contributed by atoms with Gasteiger partial charge in [-0.15, -0.1) is 0 Å². The summed E-state index contributed by atoms with van der Waals surface area (Å²) in [5.74, 6) is 0.0976. The van der Waals surface area contributed by atoms with Crippen LogP contribution >= 0.6 is 35.0 Å². The van der Waals surface area contributed by atoms with E-state index in [4.69, 9.17) is 23.2 Å². The molecular weight excluding hydrogens is 391 g/mol. The molecule has 0 saturated carbocycles. The molecule has 1 amide bonds. The number of benzene rings is 1. The van der Waals surface area contributed by atoms with Gasteiger partial charge in [0.2, 0.25) is 5.91 Å². The molecule has 0 atom stereocenters. The molecule has 3 aromatic rings. The highest BCUT2D eigenvalue weighted by Crippen LogP contribution is 2.22. The first kappa shape index (κ1) is 18.6. The Labute approximate surface area is 165 Å². The zero-order valence-corrected chi connectivity index (χ0v) is 15.9. The van der Waals surface area contributed by atoms with E-state index in [1.54, 1.807) is 30.6 Å². The van der Waals surface area contributed by atoms with E-state index in [0.29, 0.717) is 21.7 Å². The quantitative estimate of drug-likeness (QED) is 0.491. The molecule has 2 aromatic heterocycles. The van der Waals surface area contributed by atoms with E-state index in [2.05, 4.69) is 20.3 Å². The van der Waals surface area contributed by atoms with Crippen molar-refractivity contribution in [3.8, 4) is 11.4 Å². The molecule has 0 unspecified atom stereocenters. The van der Waals surface area contributed by atoms with Crippen molar-refractivity contribution < 1.29 is 4.79 Å². The maximum atomic E-state index is 12.0. The van der Waals surface area contributed by atoms with Crippen molar-refractivity contribution in [1.29, 1.82) is 0 Å². The summed E-state index contributed by atoms with van der Waals surface area (Å²) in [6, 6.07) is 12.7. The molecule has 0 bridgehead atoms. The predicted molar refractivity (Wildman–Crippen MR) is 104 cm³/mol. The highest BCUT2D eigenvalue weighted by Gasteiger charge is 2.08. The first-order chi connectivity index (χ1) is 12.6. The molecule has 2 heterocycles. The molecule has 26 heavy (non-hydrogen) atoms. The van der Waals surface area contributed by atoms with Crippen molar-refractivity contribution in [3.63, 3.8) is 0 Å². The number of rotatable bonds is 6. The lowest BCUT2D eigenvalue weighted by Crippen LogP contribution is -2.24. The first-order valence-electron chi connectivity index (χ1n) is 7.70. The Morgan fingerprint density at radius 3 is 2.65 bits per heavy atom. The van der Waals surface area contributed by atoms with Crippen LogP contribution in [0.2, 0.25) is 10.0 Å². The molecule has 132 valence electrons. The maximum absolute atomic E-state index is 12.0. The van der Waals surface area contributed by atoms with Gasteiger partial charge in [0, 0.05) is 18.9 Å². The number of amides is 1. The standard InChI is InChI=1S/C18H14Cl2N4OS/c19-13-5-4-12(9-14(13)20)10-23-17(25)11-26-18-22-8-6-16(24-18)15-3-1-2-7-21-15/h1-9H,10-11H2,(H,23,25). The highest BCUT2D eigenvalue weighted by atomic mass is 35.5. The molecular formula is C18H14Cl2N4OS. The molecule has 0 saturated heterocycles. The highest BCUT2D eigenvalue weighted by molar-refractivity contribution is 7.99. The molecule has 0 spiro atoms. The van der Waals surface area contributed by atoms with Gasteiger partial charge in [-0.3, -0.25) is 9.78 Å². The van der Waals surface area contributed by atoms with Crippen molar-refractivity contribution in [2.24, 2.45) is 0 Å². The third kappa shape index (κ3) is 5.17. The lowest BCUT2D eigenvalue weighted by atomic mass is 10.2. The van der Waals surface area contributed by atoms with E-state index >= 15 is 0 Å². The number of carbonyl (C=O) groups is 1. The van der Waals surface area contributed by atoms with Crippen LogP contribution in [0.1, 0.15) is 5.56 Å². The van der Waals surface area contributed by atoms with Crippen LogP contribution in [0.5, 0.6) is 0 Å². The number of thioether (sulfide) groups is 1. The summed E-state index contributed by atoms with van der Waals surface area (Å²) in [5.41, 5.74) is 2.37. The second kappa shape index (κ2) is 8.98. The Balaban J connectivity index is 1.54. The third-order valence-corrected chi connectivity index (χ3v) is 4.97. The minimum absolute atomic E-state index is 0.118. The number of aromatic nitrogens is 3. The topological polar surface area (TPSA) is 67.8 Å². The van der Waals surface area contributed by atoms with Gasteiger partial charge < -0.3 is 5.32 Å². The van der Waals surface area contributed by atoms with Crippen LogP contribution in [0.3, 0.4) is 0 Å². The van der Waals surface area contributed by atoms with Crippen LogP contribution in [-0.2, 0) is 11.3 Å². The fraction of sp³-hybridized carbons (Fsp3) is 0.111. The Bertz CT molecular complexity index is 909. The van der Waals surface area contributed by atoms with Gasteiger partial charge in [0.15, 0.2) is 5.16 Å². The van der Waals surface area contributed by atoms with E-state index < -0.39 is 0 Å². The second-order valence-electron chi connectivity index (χ2n) is 5.25. The Morgan fingerprint density at radius 1 is 1.00 bits per heavy atom. The summed E-state index contributed by atoms with van der Waals surface area (Å²) < 4.78 is 0. The summed E-state index contributed by atoms with van der Waals surface area (Å²) in [5, 5.41) is 4.31. The summed E-state index contributed by atoms with van der Waals surface area (Å²) in [4.78, 5) is 24.9. The average Bonchev–Trinajstić information content (AvgIpc) is 2.68. The van der Waals surface area contributed by atoms with Gasteiger partial charge in [-0.25, -0.2) is 9.97 Å². The van der Waals surface area contributed by atoms with Gasteiger partial charge in [-0.1, -0.05) is 47.1 Å². The van der Waals surface area contributed by atoms with Crippen LogP contribution in [0, 0.1) is 0 Å². The van der Waals surface area contributed by atoms with Gasteiger partial charge in [0.05, 0.1) is 27.2 Å². The molecule has 8 heteroatoms. The first-order valence-corrected chi connectivity index (χ1v) is 9.44. The second-order valence-corrected chi connectivity index (χ2v) is 7.01. The monoisotopic (exact) mass is 404 g/mol. The van der Waals surface area contributed by atoms with E-state index in [9.17, 15) is 4.79 Å². The van der Waals surface area contributed by atoms with E-state index in [1.807, 2.05) is 24.3 Å². The van der Waals surface area contributed by atoms with Crippen LogP contribution in [0.15, 0.2) is 60.0 Å². The Morgan fingerprint density at radius 2 is 1.88 bits per heavy atom. The minimum atomic E-state index is -0.118. The fourth-order valence-electron chi connectivity index (χ4n) is 2.10. The van der Waals surface area contributed by atoms with Gasteiger partial charge in [-0.2, -0.15) is 0 Å². The van der Waals surface area contributed by atoms with E-state index in [0.717, 1.165) is 17.0 Å². The summed E-state index contributed by atoms with van der Waals surface area (Å²) in [6.45, 7) is 0.380. The normalized spacial score (nSPS) is 10.5. The number of hydrogen-bond donors (Lipinski definition) is 1. The van der Waals surface area contributed by atoms with Crippen molar-refractivity contribution in [3.05, 3.63) is 70.5 Å². The molecule has 1 aromatic carbocycles. The van der Waals surface area contributed by atoms with Crippen LogP contribution in [0.4, 0.5) is 0 Å². The molecule has 5 nitrogen and oxygen atoms in total. The molecule has 0 aliphatic heterocycles. The maximum Gasteiger partial charge on any atom is 0.230 e. The zero-order valence-electron chi connectivity index (χ0n) is 13.5. The number of nitrogens with zero attached hydrogens (tertiary/aromatic N) is 3. The van der Waals surface area contributed by atoms with Gasteiger partial charge >= 0.3 is 0 Å². The lowest BCUT2D eigenvalue weighted by molar-refractivity contribution is -0.118. The predicted octanol–water partition coefficient (Wildman–Crippen LogP) is 4.25. The number of nitrogens with one attached hydrogen (secondary N) is 1. The van der Waals surface area contributed by atoms with Crippen LogP contribution in [-0.4, -0.2) is 26.6 Å². The minimum Gasteiger partial charge on any atom is -0.351 e. The molecule has 3 rings (SSSR count). The van der Waals surface area contributed by atoms with Gasteiger partial charge in [-0.05, 0) is 35.9 Å². The van der Waals surface area contributed by atoms with Gasteiger partial charge in [0.25, 0.3) is 0 Å². The zero-order chi connectivity index (χ0) is 18.4. The van der Waals surface area contributed by atoms with Crippen LogP contribution < -0.4 is 5.32 Å². The Hall–Kier alpha value is -2.15. The molecule has 0 radical (unpaired) electrons. The fourth-order valence-corrected chi connectivity index (χ4v) is 3.08. The van der Waals surface area contributed by atoms with Crippen molar-refractivity contribution >= 4 is 40.9 Å². The third-order valence-electron chi connectivity index (χ3n) is 3.37. The summed E-state index contributed by atoms with van der Waals surface area (Å²) in [6.07, 6.45) is 3.37. The van der Waals surface area contributed by atoms with Crippen molar-refractivity contribution in [1.82, 2.24) is 20.3 Å². The number of pyridine rings is 1. The van der Waals surface area contributed by atoms with Crippen molar-refractivity contribution in [2.45, 2.75) is 11.7 Å². The van der Waals surface area contributed by atoms with Crippen molar-refractivity contribution in [2.75, 3.05) is 5.75 Å². The number of halogens is 2. The smallest absolute Gasteiger partial charge is 0.230 e.